The number of rotatable bonds is 1. The zero-order chi connectivity index (χ0) is 13.7. The number of halogens is 5. The van der Waals surface area contributed by atoms with E-state index in [4.69, 9.17) is 11.5 Å². The molecule has 0 aromatic carbocycles. The predicted octanol–water partition coefficient (Wildman–Crippen LogP) is 0.474. The molecule has 0 bridgehead atoms. The van der Waals surface area contributed by atoms with E-state index >= 15 is 0 Å². The summed E-state index contributed by atoms with van der Waals surface area (Å²) >= 11 is 2.15. The molecule has 0 spiro atoms. The van der Waals surface area contributed by atoms with Crippen LogP contribution in [0.15, 0.2) is 12.5 Å². The van der Waals surface area contributed by atoms with Crippen molar-refractivity contribution in [3.63, 3.8) is 0 Å². The molecule has 1 aliphatic rings. The summed E-state index contributed by atoms with van der Waals surface area (Å²) in [5.74, 6) is 0.408. The first-order valence-corrected chi connectivity index (χ1v) is 6.96. The van der Waals surface area contributed by atoms with Gasteiger partial charge in [0.2, 0.25) is 0 Å². The van der Waals surface area contributed by atoms with Crippen LogP contribution in [-0.2, 0) is 0 Å². The van der Waals surface area contributed by atoms with Crippen LogP contribution < -0.4 is 11.5 Å². The smallest absolute Gasteiger partial charge is 0.146 e. The van der Waals surface area contributed by atoms with Crippen LogP contribution in [0.25, 0.3) is 11.0 Å². The second kappa shape index (κ2) is 11.0. The second-order valence-electron chi connectivity index (χ2n) is 4.79. The number of fused-ring (bicyclic) bond motifs is 1. The van der Waals surface area contributed by atoms with Gasteiger partial charge in [-0.05, 0) is 29.0 Å². The van der Waals surface area contributed by atoms with Gasteiger partial charge in [0.25, 0.3) is 0 Å². The summed E-state index contributed by atoms with van der Waals surface area (Å²) in [5.41, 5.74) is 12.3. The van der Waals surface area contributed by atoms with Crippen molar-refractivity contribution in [2.75, 3.05) is 5.73 Å². The first-order valence-electron chi connectivity index (χ1n) is 5.89. The van der Waals surface area contributed by atoms with Gasteiger partial charge in [-0.15, -0.1) is 49.6 Å². The first kappa shape index (κ1) is 28.9. The maximum absolute atomic E-state index is 10.1. The lowest BCUT2D eigenvalue weighted by molar-refractivity contribution is 0.0187. The van der Waals surface area contributed by atoms with E-state index in [1.54, 1.807) is 0 Å². The van der Waals surface area contributed by atoms with E-state index in [0.29, 0.717) is 17.9 Å². The van der Waals surface area contributed by atoms with Gasteiger partial charge in [0.15, 0.2) is 0 Å². The molecule has 2 aromatic heterocycles. The Morgan fingerprint density at radius 3 is 2.21 bits per heavy atom. The van der Waals surface area contributed by atoms with E-state index in [1.165, 1.54) is 6.33 Å². The van der Waals surface area contributed by atoms with Crippen LogP contribution in [0.1, 0.15) is 12.5 Å². The Hall–Kier alpha value is 0.150. The highest BCUT2D eigenvalue weighted by Gasteiger charge is 2.41. The lowest BCUT2D eigenvalue weighted by atomic mass is 10.2. The van der Waals surface area contributed by atoms with Crippen LogP contribution in [0.3, 0.4) is 0 Å². The molecule has 1 fully saturated rings. The Kier molecular flexibility index (Phi) is 13.2. The molecule has 8 nitrogen and oxygen atoms in total. The van der Waals surface area contributed by atoms with E-state index in [2.05, 4.69) is 32.6 Å². The number of nitrogens with zero attached hydrogens (tertiary/aromatic N) is 3. The lowest BCUT2D eigenvalue weighted by Gasteiger charge is -2.18. The predicted molar refractivity (Wildman–Crippen MR) is 111 cm³/mol. The van der Waals surface area contributed by atoms with Crippen molar-refractivity contribution in [3.05, 3.63) is 16.1 Å². The number of aromatic nitrogens is 3. The molecule has 0 radical (unpaired) electrons. The number of aliphatic hydroxyl groups excluding tert-OH is 2. The standard InChI is InChI=1S/C11H14IN5O2.4ClH.H2O/c12-4-2-17(6-1-5(13)8(18)9(6)19)11-7(4)10(14)15-3-16-11;;;;;/h2-3,5-6,8-9,18-19H,1,13H2,(H2,14,15,16);4*1H;1H2/t5-,6?,8+,9-;;;;;/m0...../s1. The van der Waals surface area contributed by atoms with E-state index in [9.17, 15) is 10.2 Å². The highest BCUT2D eigenvalue weighted by Crippen LogP contribution is 2.35. The molecule has 3 rings (SSSR count). The average molecular weight is 539 g/mol. The molecule has 0 amide bonds. The van der Waals surface area contributed by atoms with Gasteiger partial charge in [0.1, 0.15) is 23.9 Å². The van der Waals surface area contributed by atoms with Gasteiger partial charge >= 0.3 is 0 Å². The van der Waals surface area contributed by atoms with Crippen LogP contribution in [0, 0.1) is 3.57 Å². The molecule has 2 aromatic rings. The monoisotopic (exact) mass is 537 g/mol. The Bertz CT molecular complexity index is 649. The summed E-state index contributed by atoms with van der Waals surface area (Å²) in [4.78, 5) is 8.19. The van der Waals surface area contributed by atoms with Crippen LogP contribution in [-0.4, -0.2) is 48.5 Å². The SMILES string of the molecule is Cl.Cl.Cl.Cl.Nc1ncnc2c1c(I)cn2C1C[C@H](N)[C@@H](O)[C@H]1O.O. The van der Waals surface area contributed by atoms with Crippen LogP contribution in [0.2, 0.25) is 0 Å². The van der Waals surface area contributed by atoms with Crippen molar-refractivity contribution in [1.29, 1.82) is 0 Å². The minimum atomic E-state index is -0.917. The quantitative estimate of drug-likeness (QED) is 0.387. The molecular formula is C11H20Cl4IN5O3. The average Bonchev–Trinajstić information content (AvgIpc) is 2.83. The van der Waals surface area contributed by atoms with Crippen molar-refractivity contribution in [2.24, 2.45) is 5.73 Å². The molecule has 1 saturated carbocycles. The first-order chi connectivity index (χ1) is 9.00. The lowest BCUT2D eigenvalue weighted by Crippen LogP contribution is -2.35. The Morgan fingerprint density at radius 1 is 1.12 bits per heavy atom. The maximum atomic E-state index is 10.1. The van der Waals surface area contributed by atoms with E-state index in [1.807, 2.05) is 10.8 Å². The topological polar surface area (TPSA) is 155 Å². The number of hydrogen-bond acceptors (Lipinski definition) is 6. The van der Waals surface area contributed by atoms with Gasteiger partial charge in [0.05, 0.1) is 17.5 Å². The van der Waals surface area contributed by atoms with Crippen LogP contribution in [0.4, 0.5) is 5.82 Å². The minimum absolute atomic E-state index is 0. The molecule has 0 saturated heterocycles. The van der Waals surface area contributed by atoms with Gasteiger partial charge in [-0.3, -0.25) is 0 Å². The molecular weight excluding hydrogens is 519 g/mol. The molecule has 1 aliphatic carbocycles. The number of anilines is 1. The van der Waals surface area contributed by atoms with Crippen molar-refractivity contribution in [2.45, 2.75) is 30.7 Å². The van der Waals surface area contributed by atoms with Crippen molar-refractivity contribution < 1.29 is 15.7 Å². The van der Waals surface area contributed by atoms with E-state index in [-0.39, 0.29) is 61.1 Å². The zero-order valence-electron chi connectivity index (χ0n) is 12.1. The maximum Gasteiger partial charge on any atom is 0.146 e. The Labute approximate surface area is 176 Å². The van der Waals surface area contributed by atoms with Gasteiger partial charge in [-0.1, -0.05) is 0 Å². The fourth-order valence-corrected chi connectivity index (χ4v) is 3.45. The molecule has 1 unspecified atom stereocenters. The second-order valence-corrected chi connectivity index (χ2v) is 5.95. The normalized spacial score (nSPS) is 24.7. The number of nitrogens with two attached hydrogens (primary N) is 2. The summed E-state index contributed by atoms with van der Waals surface area (Å²) in [6, 6.07) is -0.736. The summed E-state index contributed by atoms with van der Waals surface area (Å²) in [6.07, 6.45) is 1.92. The van der Waals surface area contributed by atoms with Crippen LogP contribution in [0.5, 0.6) is 0 Å². The van der Waals surface area contributed by atoms with Gasteiger partial charge in [-0.2, -0.15) is 0 Å². The van der Waals surface area contributed by atoms with Crippen molar-refractivity contribution in [1.82, 2.24) is 14.5 Å². The molecule has 13 heteroatoms. The summed E-state index contributed by atoms with van der Waals surface area (Å²) < 4.78 is 2.74. The summed E-state index contributed by atoms with van der Waals surface area (Å²) in [6.45, 7) is 0. The molecule has 24 heavy (non-hydrogen) atoms. The molecule has 2 heterocycles. The number of aliphatic hydroxyl groups is 2. The highest BCUT2D eigenvalue weighted by atomic mass is 127. The van der Waals surface area contributed by atoms with Crippen molar-refractivity contribution >= 4 is 89.1 Å². The van der Waals surface area contributed by atoms with E-state index in [0.717, 1.165) is 8.96 Å². The van der Waals surface area contributed by atoms with Gasteiger partial charge in [-0.25, -0.2) is 9.97 Å². The molecule has 142 valence electrons. The molecule has 4 atom stereocenters. The van der Waals surface area contributed by atoms with Gasteiger partial charge < -0.3 is 31.7 Å². The van der Waals surface area contributed by atoms with Crippen LogP contribution >= 0.6 is 72.2 Å². The van der Waals surface area contributed by atoms with Crippen molar-refractivity contribution in [3.8, 4) is 0 Å². The number of hydrogen-bond donors (Lipinski definition) is 4. The summed E-state index contributed by atoms with van der Waals surface area (Å²) in [7, 11) is 0. The zero-order valence-corrected chi connectivity index (χ0v) is 17.5. The minimum Gasteiger partial charge on any atom is -0.412 e. The Balaban J connectivity index is -0.000000882. The molecule has 0 aliphatic heterocycles. The number of nitrogen functional groups attached to an aromatic ring is 1. The third-order valence-corrected chi connectivity index (χ3v) is 4.46. The largest absolute Gasteiger partial charge is 0.412 e. The third-order valence-electron chi connectivity index (χ3n) is 3.65. The fraction of sp³-hybridized carbons (Fsp3) is 0.455. The summed E-state index contributed by atoms with van der Waals surface area (Å²) in [5, 5.41) is 20.6. The fourth-order valence-electron chi connectivity index (χ4n) is 2.63. The highest BCUT2D eigenvalue weighted by molar-refractivity contribution is 14.1. The third kappa shape index (κ3) is 4.65. The van der Waals surface area contributed by atoms with Gasteiger partial charge in [0, 0.05) is 15.8 Å². The Morgan fingerprint density at radius 2 is 1.71 bits per heavy atom. The van der Waals surface area contributed by atoms with E-state index < -0.39 is 18.2 Å². The molecule has 8 N–H and O–H groups in total.